The van der Waals surface area contributed by atoms with Crippen LogP contribution in [0.4, 0.5) is 0 Å². The molecule has 5 nitrogen and oxygen atoms in total. The number of carbonyl (C=O) groups excluding carboxylic acids is 1. The van der Waals surface area contributed by atoms with Crippen LogP contribution in [0.2, 0.25) is 0 Å². The number of methoxy groups -OCH3 is 1. The Kier molecular flexibility index (Phi) is 6.49. The maximum absolute atomic E-state index is 11.4. The Balaban J connectivity index is 2.50. The number of benzene rings is 1. The van der Waals surface area contributed by atoms with Gasteiger partial charge in [0.05, 0.1) is 12.7 Å². The van der Waals surface area contributed by atoms with Gasteiger partial charge in [0, 0.05) is 32.8 Å². The summed E-state index contributed by atoms with van der Waals surface area (Å²) < 4.78 is 4.89. The minimum Gasteiger partial charge on any atom is -0.389 e. The Morgan fingerprint density at radius 1 is 1.42 bits per heavy atom. The van der Waals surface area contributed by atoms with Crippen molar-refractivity contribution >= 4 is 5.91 Å². The van der Waals surface area contributed by atoms with Crippen molar-refractivity contribution in [3.63, 3.8) is 0 Å². The monoisotopic (exact) mass is 266 g/mol. The molecule has 1 amide bonds. The number of rotatable bonds is 7. The number of carbonyl (C=O) groups is 1. The van der Waals surface area contributed by atoms with Gasteiger partial charge >= 0.3 is 0 Å². The van der Waals surface area contributed by atoms with Gasteiger partial charge in [0.15, 0.2) is 0 Å². The van der Waals surface area contributed by atoms with Crippen LogP contribution in [-0.4, -0.2) is 56.4 Å². The molecule has 1 aromatic carbocycles. The van der Waals surface area contributed by atoms with Crippen LogP contribution >= 0.6 is 0 Å². The summed E-state index contributed by atoms with van der Waals surface area (Å²) in [6, 6.07) is 7.44. The van der Waals surface area contributed by atoms with E-state index in [1.165, 1.54) is 0 Å². The summed E-state index contributed by atoms with van der Waals surface area (Å²) in [5, 5.41) is 12.2. The Bertz CT molecular complexity index is 392. The van der Waals surface area contributed by atoms with E-state index < -0.39 is 6.10 Å². The Labute approximate surface area is 114 Å². The fourth-order valence-electron chi connectivity index (χ4n) is 1.89. The van der Waals surface area contributed by atoms with Gasteiger partial charge < -0.3 is 15.2 Å². The SMILES string of the molecule is CNC(=O)c1ccc(CN(C)CC(O)COC)cc1. The van der Waals surface area contributed by atoms with Gasteiger partial charge in [0.1, 0.15) is 0 Å². The number of nitrogens with one attached hydrogen (secondary N) is 1. The number of aliphatic hydroxyl groups excluding tert-OH is 1. The molecule has 0 aliphatic heterocycles. The van der Waals surface area contributed by atoms with Gasteiger partial charge in [-0.3, -0.25) is 9.69 Å². The zero-order valence-corrected chi connectivity index (χ0v) is 11.7. The second kappa shape index (κ2) is 7.89. The highest BCUT2D eigenvalue weighted by molar-refractivity contribution is 5.93. The van der Waals surface area contributed by atoms with E-state index in [1.807, 2.05) is 24.1 Å². The molecule has 0 aliphatic rings. The van der Waals surface area contributed by atoms with Gasteiger partial charge in [-0.15, -0.1) is 0 Å². The first-order chi connectivity index (χ1) is 9.06. The number of amides is 1. The van der Waals surface area contributed by atoms with Crippen LogP contribution in [-0.2, 0) is 11.3 Å². The van der Waals surface area contributed by atoms with Crippen LogP contribution in [0, 0.1) is 0 Å². The maximum Gasteiger partial charge on any atom is 0.251 e. The molecule has 0 fully saturated rings. The van der Waals surface area contributed by atoms with E-state index in [0.29, 0.717) is 18.7 Å². The second-order valence-electron chi connectivity index (χ2n) is 4.58. The summed E-state index contributed by atoms with van der Waals surface area (Å²) >= 11 is 0. The van der Waals surface area contributed by atoms with Gasteiger partial charge in [0.25, 0.3) is 5.91 Å². The second-order valence-corrected chi connectivity index (χ2v) is 4.58. The normalized spacial score (nSPS) is 12.5. The first-order valence-corrected chi connectivity index (χ1v) is 6.23. The standard InChI is InChI=1S/C14H22N2O3/c1-15-14(18)12-6-4-11(5-7-12)8-16(2)9-13(17)10-19-3/h4-7,13,17H,8-10H2,1-3H3,(H,15,18). The minimum absolute atomic E-state index is 0.0876. The molecule has 19 heavy (non-hydrogen) atoms. The van der Waals surface area contributed by atoms with E-state index in [4.69, 9.17) is 4.74 Å². The van der Waals surface area contributed by atoms with E-state index in [0.717, 1.165) is 12.1 Å². The average molecular weight is 266 g/mol. The zero-order valence-electron chi connectivity index (χ0n) is 11.7. The van der Waals surface area contributed by atoms with E-state index in [9.17, 15) is 9.90 Å². The highest BCUT2D eigenvalue weighted by Gasteiger charge is 2.09. The molecule has 0 radical (unpaired) electrons. The van der Waals surface area contributed by atoms with Gasteiger partial charge in [-0.05, 0) is 24.7 Å². The number of aliphatic hydroxyl groups is 1. The summed E-state index contributed by atoms with van der Waals surface area (Å²) in [4.78, 5) is 13.4. The Morgan fingerprint density at radius 2 is 2.05 bits per heavy atom. The van der Waals surface area contributed by atoms with Crippen LogP contribution in [0.15, 0.2) is 24.3 Å². The van der Waals surface area contributed by atoms with Crippen molar-refractivity contribution < 1.29 is 14.6 Å². The van der Waals surface area contributed by atoms with Crippen molar-refractivity contribution in [1.82, 2.24) is 10.2 Å². The van der Waals surface area contributed by atoms with Gasteiger partial charge in [-0.1, -0.05) is 12.1 Å². The largest absolute Gasteiger partial charge is 0.389 e. The predicted octanol–water partition coefficient (Wildman–Crippen LogP) is 0.485. The molecule has 0 spiro atoms. The molecule has 0 heterocycles. The molecule has 0 saturated carbocycles. The molecule has 1 atom stereocenters. The summed E-state index contributed by atoms with van der Waals surface area (Å²) in [6.07, 6.45) is -0.486. The molecule has 5 heteroatoms. The van der Waals surface area contributed by atoms with Crippen molar-refractivity contribution in [2.75, 3.05) is 34.4 Å². The topological polar surface area (TPSA) is 61.8 Å². The fraction of sp³-hybridized carbons (Fsp3) is 0.500. The molecule has 0 aromatic heterocycles. The highest BCUT2D eigenvalue weighted by Crippen LogP contribution is 2.07. The number of hydrogen-bond donors (Lipinski definition) is 2. The molecule has 2 N–H and O–H groups in total. The summed E-state index contributed by atoms with van der Waals surface area (Å²) in [7, 11) is 5.12. The lowest BCUT2D eigenvalue weighted by molar-refractivity contribution is 0.0419. The van der Waals surface area contributed by atoms with Gasteiger partial charge in [-0.2, -0.15) is 0 Å². The van der Waals surface area contributed by atoms with Crippen molar-refractivity contribution in [2.24, 2.45) is 0 Å². The Hall–Kier alpha value is -1.43. The summed E-state index contributed by atoms with van der Waals surface area (Å²) in [6.45, 7) is 1.60. The summed E-state index contributed by atoms with van der Waals surface area (Å²) in [5.74, 6) is -0.0876. The smallest absolute Gasteiger partial charge is 0.251 e. The lowest BCUT2D eigenvalue weighted by atomic mass is 10.1. The maximum atomic E-state index is 11.4. The third-order valence-corrected chi connectivity index (χ3v) is 2.78. The van der Waals surface area contributed by atoms with Crippen LogP contribution in [0.3, 0.4) is 0 Å². The lowest BCUT2D eigenvalue weighted by Gasteiger charge is -2.20. The molecular formula is C14H22N2O3. The van der Waals surface area contributed by atoms with Crippen LogP contribution in [0.5, 0.6) is 0 Å². The molecule has 1 aromatic rings. The molecule has 1 unspecified atom stereocenters. The summed E-state index contributed by atoms with van der Waals surface area (Å²) in [5.41, 5.74) is 1.74. The van der Waals surface area contributed by atoms with Gasteiger partial charge in [-0.25, -0.2) is 0 Å². The van der Waals surface area contributed by atoms with E-state index in [-0.39, 0.29) is 5.91 Å². The molecule has 0 aliphatic carbocycles. The number of likely N-dealkylation sites (N-methyl/N-ethyl adjacent to an activating group) is 1. The Morgan fingerprint density at radius 3 is 2.58 bits per heavy atom. The first kappa shape index (κ1) is 15.6. The van der Waals surface area contributed by atoms with Crippen molar-refractivity contribution in [2.45, 2.75) is 12.6 Å². The van der Waals surface area contributed by atoms with Gasteiger partial charge in [0.2, 0.25) is 0 Å². The lowest BCUT2D eigenvalue weighted by Crippen LogP contribution is -2.31. The fourth-order valence-corrected chi connectivity index (χ4v) is 1.89. The van der Waals surface area contributed by atoms with Crippen molar-refractivity contribution in [3.8, 4) is 0 Å². The van der Waals surface area contributed by atoms with Crippen molar-refractivity contribution in [3.05, 3.63) is 35.4 Å². The predicted molar refractivity (Wildman–Crippen MR) is 74.0 cm³/mol. The van der Waals surface area contributed by atoms with Crippen LogP contribution < -0.4 is 5.32 Å². The average Bonchev–Trinajstić information content (AvgIpc) is 2.38. The van der Waals surface area contributed by atoms with E-state index in [2.05, 4.69) is 5.32 Å². The van der Waals surface area contributed by atoms with E-state index in [1.54, 1.807) is 26.3 Å². The van der Waals surface area contributed by atoms with Crippen LogP contribution in [0.1, 0.15) is 15.9 Å². The third kappa shape index (κ3) is 5.38. The third-order valence-electron chi connectivity index (χ3n) is 2.78. The number of hydrogen-bond acceptors (Lipinski definition) is 4. The molecule has 1 rings (SSSR count). The van der Waals surface area contributed by atoms with E-state index >= 15 is 0 Å². The van der Waals surface area contributed by atoms with Crippen LogP contribution in [0.25, 0.3) is 0 Å². The molecule has 0 saturated heterocycles. The molecular weight excluding hydrogens is 244 g/mol. The zero-order chi connectivity index (χ0) is 14.3. The quantitative estimate of drug-likeness (QED) is 0.754. The molecule has 106 valence electrons. The van der Waals surface area contributed by atoms with Crippen molar-refractivity contribution in [1.29, 1.82) is 0 Å². The first-order valence-electron chi connectivity index (χ1n) is 6.23. The highest BCUT2D eigenvalue weighted by atomic mass is 16.5. The number of nitrogens with zero attached hydrogens (tertiary/aromatic N) is 1. The molecule has 0 bridgehead atoms. The number of ether oxygens (including phenoxy) is 1. The minimum atomic E-state index is -0.486.